The molecule has 0 fully saturated rings. The lowest BCUT2D eigenvalue weighted by Crippen LogP contribution is -2.10. The van der Waals surface area contributed by atoms with Gasteiger partial charge in [0.2, 0.25) is 0 Å². The minimum Gasteiger partial charge on any atom is -0.497 e. The zero-order valence-electron chi connectivity index (χ0n) is 12.5. The normalized spacial score (nSPS) is 17.5. The van der Waals surface area contributed by atoms with E-state index >= 15 is 0 Å². The van der Waals surface area contributed by atoms with E-state index in [1.807, 2.05) is 6.07 Å². The Balaban J connectivity index is 1.86. The van der Waals surface area contributed by atoms with Crippen LogP contribution in [0.4, 0.5) is 0 Å². The zero-order chi connectivity index (χ0) is 15.1. The second kappa shape index (κ2) is 5.47. The first-order valence-electron chi connectivity index (χ1n) is 7.70. The highest BCUT2D eigenvalue weighted by Gasteiger charge is 2.25. The van der Waals surface area contributed by atoms with E-state index in [0.29, 0.717) is 5.92 Å². The van der Waals surface area contributed by atoms with Crippen molar-refractivity contribution in [1.82, 2.24) is 4.98 Å². The smallest absolute Gasteiger partial charge is 0.119 e. The maximum atomic E-state index is 5.39. The Morgan fingerprint density at radius 2 is 2.09 bits per heavy atom. The maximum absolute atomic E-state index is 5.39. The van der Waals surface area contributed by atoms with E-state index in [9.17, 15) is 0 Å². The van der Waals surface area contributed by atoms with Gasteiger partial charge in [0.05, 0.1) is 7.11 Å². The molecule has 0 saturated carbocycles. The Bertz CT molecular complexity index is 837. The van der Waals surface area contributed by atoms with Gasteiger partial charge in [-0.05, 0) is 60.7 Å². The molecule has 0 spiro atoms. The van der Waals surface area contributed by atoms with Crippen LogP contribution in [0.5, 0.6) is 5.75 Å². The predicted molar refractivity (Wildman–Crippen MR) is 93.8 cm³/mol. The van der Waals surface area contributed by atoms with Gasteiger partial charge in [-0.2, -0.15) is 0 Å². The summed E-state index contributed by atoms with van der Waals surface area (Å²) >= 11 is 3.59. The molecule has 1 aromatic heterocycles. The minimum atomic E-state index is 0.435. The first-order valence-corrected chi connectivity index (χ1v) is 8.49. The number of fused-ring (bicyclic) bond motifs is 3. The van der Waals surface area contributed by atoms with Crippen molar-refractivity contribution in [1.29, 1.82) is 0 Å². The highest BCUT2D eigenvalue weighted by molar-refractivity contribution is 9.10. The number of aromatic amines is 1. The first kappa shape index (κ1) is 13.9. The SMILES string of the molecule is COc1cccc(C2CCCc3c2[nH]c2ccc(Br)cc32)c1. The van der Waals surface area contributed by atoms with Gasteiger partial charge in [0.1, 0.15) is 5.75 Å². The number of H-pyrrole nitrogens is 1. The van der Waals surface area contributed by atoms with Crippen LogP contribution in [-0.2, 0) is 6.42 Å². The standard InChI is InChI=1S/C19H18BrNO/c1-22-14-5-2-4-12(10-14)15-6-3-7-16-17-11-13(20)8-9-18(17)21-19(15)16/h2,4-5,8-11,15,21H,3,6-7H2,1H3. The van der Waals surface area contributed by atoms with Crippen LogP contribution >= 0.6 is 15.9 Å². The van der Waals surface area contributed by atoms with Crippen LogP contribution < -0.4 is 4.74 Å². The van der Waals surface area contributed by atoms with Gasteiger partial charge in [-0.1, -0.05) is 28.1 Å². The van der Waals surface area contributed by atoms with Gasteiger partial charge in [-0.3, -0.25) is 0 Å². The molecule has 0 aliphatic heterocycles. The molecule has 4 rings (SSSR count). The monoisotopic (exact) mass is 355 g/mol. The van der Waals surface area contributed by atoms with Crippen molar-refractivity contribution in [3.8, 4) is 5.75 Å². The number of aromatic nitrogens is 1. The van der Waals surface area contributed by atoms with E-state index in [2.05, 4.69) is 57.3 Å². The molecule has 3 heteroatoms. The van der Waals surface area contributed by atoms with Crippen LogP contribution in [0.1, 0.15) is 35.6 Å². The Kier molecular flexibility index (Phi) is 3.45. The van der Waals surface area contributed by atoms with Crippen LogP contribution in [0.25, 0.3) is 10.9 Å². The molecule has 1 aliphatic carbocycles. The van der Waals surface area contributed by atoms with Gasteiger partial charge >= 0.3 is 0 Å². The molecule has 3 aromatic rings. The summed E-state index contributed by atoms with van der Waals surface area (Å²) in [6.45, 7) is 0. The van der Waals surface area contributed by atoms with Crippen LogP contribution in [0.15, 0.2) is 46.9 Å². The number of hydrogen-bond acceptors (Lipinski definition) is 1. The molecular weight excluding hydrogens is 338 g/mol. The van der Waals surface area contributed by atoms with E-state index in [0.717, 1.165) is 16.6 Å². The third-order valence-corrected chi connectivity index (χ3v) is 5.16. The quantitative estimate of drug-likeness (QED) is 0.653. The highest BCUT2D eigenvalue weighted by Crippen LogP contribution is 2.40. The average molecular weight is 356 g/mol. The van der Waals surface area contributed by atoms with Crippen LogP contribution in [0, 0.1) is 0 Å². The van der Waals surface area contributed by atoms with E-state index in [1.54, 1.807) is 7.11 Å². The summed E-state index contributed by atoms with van der Waals surface area (Å²) in [6.07, 6.45) is 3.58. The molecule has 1 aliphatic rings. The highest BCUT2D eigenvalue weighted by atomic mass is 79.9. The Morgan fingerprint density at radius 3 is 2.95 bits per heavy atom. The molecule has 2 nitrogen and oxygen atoms in total. The summed E-state index contributed by atoms with van der Waals surface area (Å²) < 4.78 is 6.54. The number of halogens is 1. The van der Waals surface area contributed by atoms with Crippen LogP contribution in [-0.4, -0.2) is 12.1 Å². The van der Waals surface area contributed by atoms with Crippen molar-refractivity contribution in [3.63, 3.8) is 0 Å². The molecule has 0 radical (unpaired) electrons. The van der Waals surface area contributed by atoms with E-state index < -0.39 is 0 Å². The van der Waals surface area contributed by atoms with Gasteiger partial charge in [0.15, 0.2) is 0 Å². The van der Waals surface area contributed by atoms with Crippen molar-refractivity contribution in [2.45, 2.75) is 25.2 Å². The Hall–Kier alpha value is -1.74. The fraction of sp³-hybridized carbons (Fsp3) is 0.263. The molecule has 0 saturated heterocycles. The third kappa shape index (κ3) is 2.24. The number of benzene rings is 2. The lowest BCUT2D eigenvalue weighted by Gasteiger charge is -2.23. The number of aryl methyl sites for hydroxylation is 1. The number of ether oxygens (including phenoxy) is 1. The number of methoxy groups -OCH3 is 1. The third-order valence-electron chi connectivity index (χ3n) is 4.67. The Morgan fingerprint density at radius 1 is 1.18 bits per heavy atom. The zero-order valence-corrected chi connectivity index (χ0v) is 14.1. The first-order chi connectivity index (χ1) is 10.8. The topological polar surface area (TPSA) is 25.0 Å². The fourth-order valence-corrected chi connectivity index (χ4v) is 3.99. The average Bonchev–Trinajstić information content (AvgIpc) is 2.93. The van der Waals surface area contributed by atoms with E-state index in [1.165, 1.54) is 40.6 Å². The molecule has 22 heavy (non-hydrogen) atoms. The van der Waals surface area contributed by atoms with Crippen molar-refractivity contribution in [2.24, 2.45) is 0 Å². The van der Waals surface area contributed by atoms with E-state index in [-0.39, 0.29) is 0 Å². The largest absolute Gasteiger partial charge is 0.497 e. The number of hydrogen-bond donors (Lipinski definition) is 1. The summed E-state index contributed by atoms with van der Waals surface area (Å²) in [5.41, 5.74) is 5.44. The second-order valence-corrected chi connectivity index (χ2v) is 6.84. The molecule has 1 N–H and O–H groups in total. The lowest BCUT2D eigenvalue weighted by atomic mass is 9.82. The fourth-order valence-electron chi connectivity index (χ4n) is 3.63. The van der Waals surface area contributed by atoms with Crippen LogP contribution in [0.3, 0.4) is 0 Å². The van der Waals surface area contributed by atoms with Gasteiger partial charge in [-0.15, -0.1) is 0 Å². The molecule has 1 atom stereocenters. The molecule has 0 bridgehead atoms. The summed E-state index contributed by atoms with van der Waals surface area (Å²) in [5, 5.41) is 1.36. The Labute approximate surface area is 138 Å². The van der Waals surface area contributed by atoms with Crippen molar-refractivity contribution in [2.75, 3.05) is 7.11 Å². The summed E-state index contributed by atoms with van der Waals surface area (Å²) in [5.74, 6) is 1.37. The molecule has 1 unspecified atom stereocenters. The summed E-state index contributed by atoms with van der Waals surface area (Å²) in [7, 11) is 1.73. The second-order valence-electron chi connectivity index (χ2n) is 5.93. The molecular formula is C19H18BrNO. The van der Waals surface area contributed by atoms with Crippen molar-refractivity contribution in [3.05, 3.63) is 63.8 Å². The van der Waals surface area contributed by atoms with Crippen LogP contribution in [0.2, 0.25) is 0 Å². The summed E-state index contributed by atoms with van der Waals surface area (Å²) in [6, 6.07) is 15.0. The van der Waals surface area contributed by atoms with Gasteiger partial charge in [0.25, 0.3) is 0 Å². The number of rotatable bonds is 2. The predicted octanol–water partition coefficient (Wildman–Crippen LogP) is 5.41. The number of nitrogens with one attached hydrogen (secondary N) is 1. The molecule has 2 aromatic carbocycles. The van der Waals surface area contributed by atoms with Gasteiger partial charge in [0, 0.05) is 27.0 Å². The maximum Gasteiger partial charge on any atom is 0.119 e. The van der Waals surface area contributed by atoms with E-state index in [4.69, 9.17) is 4.74 Å². The van der Waals surface area contributed by atoms with Crippen molar-refractivity contribution >= 4 is 26.8 Å². The van der Waals surface area contributed by atoms with Gasteiger partial charge < -0.3 is 9.72 Å². The minimum absolute atomic E-state index is 0.435. The lowest BCUT2D eigenvalue weighted by molar-refractivity contribution is 0.413. The molecule has 1 heterocycles. The van der Waals surface area contributed by atoms with Crippen molar-refractivity contribution < 1.29 is 4.74 Å². The molecule has 112 valence electrons. The molecule has 0 amide bonds. The van der Waals surface area contributed by atoms with Gasteiger partial charge in [-0.25, -0.2) is 0 Å². The summed E-state index contributed by atoms with van der Waals surface area (Å²) in [4.78, 5) is 3.67.